The molecule has 0 spiro atoms. The number of rotatable bonds is 5. The predicted molar refractivity (Wildman–Crippen MR) is 53.9 cm³/mol. The van der Waals surface area contributed by atoms with Crippen molar-refractivity contribution >= 4 is 0 Å². The summed E-state index contributed by atoms with van der Waals surface area (Å²) in [7, 11) is 0. The van der Waals surface area contributed by atoms with Crippen LogP contribution in [-0.2, 0) is 4.74 Å². The van der Waals surface area contributed by atoms with E-state index in [0.29, 0.717) is 6.61 Å². The van der Waals surface area contributed by atoms with Crippen LogP contribution in [0.5, 0.6) is 0 Å². The Morgan fingerprint density at radius 1 is 1.33 bits per heavy atom. The van der Waals surface area contributed by atoms with E-state index in [9.17, 15) is 0 Å². The van der Waals surface area contributed by atoms with Crippen molar-refractivity contribution in [1.82, 2.24) is 0 Å². The van der Waals surface area contributed by atoms with E-state index in [4.69, 9.17) is 4.74 Å². The molecule has 0 heterocycles. The van der Waals surface area contributed by atoms with Crippen molar-refractivity contribution in [2.45, 2.75) is 13.8 Å². The molecule has 0 aliphatic carbocycles. The lowest BCUT2D eigenvalue weighted by atomic mass is 10.3. The fraction of sp³-hybridized carbons (Fsp3) is 0.273. The van der Waals surface area contributed by atoms with Gasteiger partial charge in [0.25, 0.3) is 0 Å². The highest BCUT2D eigenvalue weighted by atomic mass is 16.5. The first-order valence-corrected chi connectivity index (χ1v) is 4.05. The molecule has 0 saturated heterocycles. The maximum atomic E-state index is 4.99. The highest BCUT2D eigenvalue weighted by Gasteiger charge is 1.72. The van der Waals surface area contributed by atoms with Crippen LogP contribution in [0.3, 0.4) is 0 Å². The van der Waals surface area contributed by atoms with Crippen LogP contribution in [-0.4, -0.2) is 6.61 Å². The lowest BCUT2D eigenvalue weighted by Crippen LogP contribution is -1.74. The lowest BCUT2D eigenvalue weighted by molar-refractivity contribution is 0.269. The molecule has 12 heavy (non-hydrogen) atoms. The van der Waals surface area contributed by atoms with Crippen LogP contribution in [0.1, 0.15) is 13.8 Å². The van der Waals surface area contributed by atoms with E-state index < -0.39 is 0 Å². The van der Waals surface area contributed by atoms with E-state index in [-0.39, 0.29) is 0 Å². The van der Waals surface area contributed by atoms with E-state index in [2.05, 4.69) is 6.58 Å². The quantitative estimate of drug-likeness (QED) is 0.448. The summed E-state index contributed by atoms with van der Waals surface area (Å²) in [5.41, 5.74) is 1.15. The highest BCUT2D eigenvalue weighted by molar-refractivity contribution is 5.21. The Morgan fingerprint density at radius 3 is 2.67 bits per heavy atom. The summed E-state index contributed by atoms with van der Waals surface area (Å²) in [5, 5.41) is 0. The molecule has 0 aliphatic heterocycles. The van der Waals surface area contributed by atoms with Crippen LogP contribution in [0.2, 0.25) is 0 Å². The highest BCUT2D eigenvalue weighted by Crippen LogP contribution is 1.92. The molecule has 0 N–H and O–H groups in total. The molecule has 0 saturated carbocycles. The van der Waals surface area contributed by atoms with Gasteiger partial charge in [0.1, 0.15) is 0 Å². The first kappa shape index (κ1) is 10.8. The van der Waals surface area contributed by atoms with Gasteiger partial charge in [-0.15, -0.1) is 0 Å². The van der Waals surface area contributed by atoms with Crippen molar-refractivity contribution in [1.29, 1.82) is 0 Å². The number of hydrogen-bond donors (Lipinski definition) is 0. The van der Waals surface area contributed by atoms with Crippen molar-refractivity contribution in [3.8, 4) is 0 Å². The third kappa shape index (κ3) is 6.87. The van der Waals surface area contributed by atoms with Crippen LogP contribution < -0.4 is 0 Å². The molecule has 0 amide bonds. The molecule has 0 aliphatic rings. The zero-order valence-corrected chi connectivity index (χ0v) is 7.79. The maximum Gasteiger partial charge on any atom is 0.0845 e. The summed E-state index contributed by atoms with van der Waals surface area (Å²) >= 11 is 0. The maximum absolute atomic E-state index is 4.99. The van der Waals surface area contributed by atoms with Gasteiger partial charge in [-0.3, -0.25) is 0 Å². The van der Waals surface area contributed by atoms with Crippen molar-refractivity contribution in [3.63, 3.8) is 0 Å². The average molecular weight is 164 g/mol. The Kier molecular flexibility index (Phi) is 7.05. The van der Waals surface area contributed by atoms with Gasteiger partial charge >= 0.3 is 0 Å². The molecule has 0 aromatic heterocycles. The van der Waals surface area contributed by atoms with Crippen molar-refractivity contribution in [2.75, 3.05) is 6.61 Å². The molecular formula is C11H16O. The zero-order chi connectivity index (χ0) is 9.23. The van der Waals surface area contributed by atoms with Crippen LogP contribution in [0, 0.1) is 0 Å². The SMILES string of the molecule is C=C/C(C)=C/C=C\C=C\OCC. The third-order valence-corrected chi connectivity index (χ3v) is 1.24. The van der Waals surface area contributed by atoms with Crippen LogP contribution in [0.25, 0.3) is 0 Å². The van der Waals surface area contributed by atoms with Gasteiger partial charge < -0.3 is 4.74 Å². The zero-order valence-electron chi connectivity index (χ0n) is 7.79. The van der Waals surface area contributed by atoms with Gasteiger partial charge in [-0.05, 0) is 19.9 Å². The van der Waals surface area contributed by atoms with Gasteiger partial charge in [0.15, 0.2) is 0 Å². The van der Waals surface area contributed by atoms with Crippen LogP contribution >= 0.6 is 0 Å². The molecular weight excluding hydrogens is 148 g/mol. The first-order valence-electron chi connectivity index (χ1n) is 4.05. The van der Waals surface area contributed by atoms with Crippen molar-refractivity contribution in [3.05, 3.63) is 48.8 Å². The van der Waals surface area contributed by atoms with Crippen LogP contribution in [0.15, 0.2) is 48.8 Å². The largest absolute Gasteiger partial charge is 0.501 e. The molecule has 1 heteroatoms. The standard InChI is InChI=1S/C11H16O/c1-4-11(3)9-7-6-8-10-12-5-2/h4,6-10H,1,5H2,2-3H3/b7-6-,10-8+,11-9+. The second kappa shape index (κ2) is 7.86. The Labute approximate surface area is 74.7 Å². The van der Waals surface area contributed by atoms with Gasteiger partial charge in [0.2, 0.25) is 0 Å². The van der Waals surface area contributed by atoms with Crippen LogP contribution in [0.4, 0.5) is 0 Å². The smallest absolute Gasteiger partial charge is 0.0845 e. The monoisotopic (exact) mass is 164 g/mol. The average Bonchev–Trinajstić information content (AvgIpc) is 2.10. The molecule has 0 atom stereocenters. The second-order valence-corrected chi connectivity index (χ2v) is 2.28. The lowest BCUT2D eigenvalue weighted by Gasteiger charge is -1.88. The summed E-state index contributed by atoms with van der Waals surface area (Å²) in [6.07, 6.45) is 11.2. The second-order valence-electron chi connectivity index (χ2n) is 2.28. The summed E-state index contributed by atoms with van der Waals surface area (Å²) < 4.78 is 4.99. The van der Waals surface area contributed by atoms with E-state index >= 15 is 0 Å². The predicted octanol–water partition coefficient (Wildman–Crippen LogP) is 3.23. The topological polar surface area (TPSA) is 9.23 Å². The number of allylic oxidation sites excluding steroid dienone is 6. The van der Waals surface area contributed by atoms with Gasteiger partial charge in [0.05, 0.1) is 12.9 Å². The molecule has 0 unspecified atom stereocenters. The molecule has 0 aromatic rings. The van der Waals surface area contributed by atoms with Gasteiger partial charge in [-0.1, -0.05) is 36.5 Å². The van der Waals surface area contributed by atoms with E-state index in [1.807, 2.05) is 44.2 Å². The van der Waals surface area contributed by atoms with Gasteiger partial charge in [-0.2, -0.15) is 0 Å². The minimum Gasteiger partial charge on any atom is -0.501 e. The number of hydrogen-bond acceptors (Lipinski definition) is 1. The minimum atomic E-state index is 0.714. The molecule has 1 nitrogen and oxygen atoms in total. The fourth-order valence-electron chi connectivity index (χ4n) is 0.537. The number of ether oxygens (including phenoxy) is 1. The molecule has 66 valence electrons. The Balaban J connectivity index is 3.69. The summed E-state index contributed by atoms with van der Waals surface area (Å²) in [4.78, 5) is 0. The molecule has 0 fully saturated rings. The third-order valence-electron chi connectivity index (χ3n) is 1.24. The van der Waals surface area contributed by atoms with E-state index in [1.165, 1.54) is 0 Å². The summed E-state index contributed by atoms with van der Waals surface area (Å²) in [6.45, 7) is 8.32. The van der Waals surface area contributed by atoms with Gasteiger partial charge in [0, 0.05) is 0 Å². The van der Waals surface area contributed by atoms with E-state index in [1.54, 1.807) is 6.26 Å². The minimum absolute atomic E-state index is 0.714. The Morgan fingerprint density at radius 2 is 2.08 bits per heavy atom. The molecule has 0 aromatic carbocycles. The molecule has 0 bridgehead atoms. The van der Waals surface area contributed by atoms with Crippen molar-refractivity contribution in [2.24, 2.45) is 0 Å². The van der Waals surface area contributed by atoms with E-state index in [0.717, 1.165) is 5.57 Å². The Hall–Kier alpha value is -1.24. The normalized spacial score (nSPS) is 12.7. The fourth-order valence-corrected chi connectivity index (χ4v) is 0.537. The van der Waals surface area contributed by atoms with Gasteiger partial charge in [-0.25, -0.2) is 0 Å². The Bertz CT molecular complexity index is 197. The summed E-state index contributed by atoms with van der Waals surface area (Å²) in [5.74, 6) is 0. The molecule has 0 rings (SSSR count). The molecule has 0 radical (unpaired) electrons. The summed E-state index contributed by atoms with van der Waals surface area (Å²) in [6, 6.07) is 0. The first-order chi connectivity index (χ1) is 5.81. The van der Waals surface area contributed by atoms with Crippen molar-refractivity contribution < 1.29 is 4.74 Å².